The summed E-state index contributed by atoms with van der Waals surface area (Å²) in [4.78, 5) is 0. The summed E-state index contributed by atoms with van der Waals surface area (Å²) in [5.41, 5.74) is 7.37. The summed E-state index contributed by atoms with van der Waals surface area (Å²) in [6.07, 6.45) is 0. The Balaban J connectivity index is 3.04. The van der Waals surface area contributed by atoms with Crippen molar-refractivity contribution >= 4 is 0 Å². The Labute approximate surface area is 71.5 Å². The molecule has 1 rings (SSSR count). The Hall–Kier alpha value is -1.06. The zero-order valence-electron chi connectivity index (χ0n) is 6.99. The molecular formula is C9H13NO2. The van der Waals surface area contributed by atoms with Gasteiger partial charge in [0.05, 0.1) is 12.6 Å². The van der Waals surface area contributed by atoms with Crippen LogP contribution in [0.3, 0.4) is 0 Å². The van der Waals surface area contributed by atoms with E-state index < -0.39 is 6.04 Å². The Morgan fingerprint density at radius 3 is 2.75 bits per heavy atom. The number of hydrogen-bond donors (Lipinski definition) is 3. The number of phenols is 1. The Morgan fingerprint density at radius 2 is 2.17 bits per heavy atom. The molecule has 0 bridgehead atoms. The molecule has 1 aromatic rings. The van der Waals surface area contributed by atoms with Crippen LogP contribution in [-0.4, -0.2) is 16.8 Å². The molecule has 0 radical (unpaired) electrons. The number of benzene rings is 1. The van der Waals surface area contributed by atoms with Crippen molar-refractivity contribution in [3.8, 4) is 5.75 Å². The van der Waals surface area contributed by atoms with Crippen molar-refractivity contribution < 1.29 is 10.2 Å². The molecular weight excluding hydrogens is 154 g/mol. The lowest BCUT2D eigenvalue weighted by atomic mass is 10.0. The van der Waals surface area contributed by atoms with Gasteiger partial charge in [-0.2, -0.15) is 0 Å². The van der Waals surface area contributed by atoms with Gasteiger partial charge in [0.15, 0.2) is 0 Å². The highest BCUT2D eigenvalue weighted by molar-refractivity contribution is 5.35. The number of rotatable bonds is 2. The van der Waals surface area contributed by atoms with Crippen LogP contribution in [0, 0.1) is 6.92 Å². The van der Waals surface area contributed by atoms with Gasteiger partial charge in [-0.25, -0.2) is 0 Å². The van der Waals surface area contributed by atoms with Crippen molar-refractivity contribution in [2.45, 2.75) is 13.0 Å². The van der Waals surface area contributed by atoms with Crippen LogP contribution in [-0.2, 0) is 0 Å². The molecule has 12 heavy (non-hydrogen) atoms. The van der Waals surface area contributed by atoms with Crippen LogP contribution in [0.15, 0.2) is 18.2 Å². The first-order valence-electron chi connectivity index (χ1n) is 3.81. The first-order chi connectivity index (χ1) is 5.65. The molecule has 66 valence electrons. The number of aliphatic hydroxyl groups excluding tert-OH is 1. The van der Waals surface area contributed by atoms with Crippen LogP contribution in [0.5, 0.6) is 5.75 Å². The minimum Gasteiger partial charge on any atom is -0.508 e. The second-order valence-corrected chi connectivity index (χ2v) is 2.83. The zero-order valence-corrected chi connectivity index (χ0v) is 6.99. The van der Waals surface area contributed by atoms with E-state index in [4.69, 9.17) is 15.9 Å². The zero-order chi connectivity index (χ0) is 9.14. The number of phenolic OH excluding ortho intramolecular Hbond substituents is 1. The lowest BCUT2D eigenvalue weighted by molar-refractivity contribution is 0.267. The minimum absolute atomic E-state index is 0.107. The maximum absolute atomic E-state index is 9.14. The molecule has 1 unspecified atom stereocenters. The van der Waals surface area contributed by atoms with Crippen LogP contribution in [0.4, 0.5) is 0 Å². The number of aromatic hydroxyl groups is 1. The first-order valence-corrected chi connectivity index (χ1v) is 3.81. The fourth-order valence-corrected chi connectivity index (χ4v) is 1.13. The molecule has 3 nitrogen and oxygen atoms in total. The molecule has 0 saturated heterocycles. The Bertz CT molecular complexity index is 273. The van der Waals surface area contributed by atoms with Crippen LogP contribution in [0.2, 0.25) is 0 Å². The summed E-state index contributed by atoms with van der Waals surface area (Å²) in [7, 11) is 0. The summed E-state index contributed by atoms with van der Waals surface area (Å²) in [5, 5.41) is 17.9. The quantitative estimate of drug-likeness (QED) is 0.607. The largest absolute Gasteiger partial charge is 0.508 e. The van der Waals surface area contributed by atoms with Gasteiger partial charge in [-0.3, -0.25) is 0 Å². The second kappa shape index (κ2) is 3.56. The highest BCUT2D eigenvalue weighted by Crippen LogP contribution is 2.20. The van der Waals surface area contributed by atoms with Gasteiger partial charge in [-0.1, -0.05) is 6.07 Å². The fourth-order valence-electron chi connectivity index (χ4n) is 1.13. The molecule has 0 aliphatic heterocycles. The first kappa shape index (κ1) is 9.03. The van der Waals surface area contributed by atoms with Gasteiger partial charge in [0.25, 0.3) is 0 Å². The summed E-state index contributed by atoms with van der Waals surface area (Å²) in [5.74, 6) is 0.180. The van der Waals surface area contributed by atoms with E-state index in [0.717, 1.165) is 11.1 Å². The third-order valence-corrected chi connectivity index (χ3v) is 1.86. The molecule has 0 aliphatic carbocycles. The van der Waals surface area contributed by atoms with Crippen molar-refractivity contribution in [2.75, 3.05) is 6.61 Å². The maximum atomic E-state index is 9.14. The lowest BCUT2D eigenvalue weighted by Crippen LogP contribution is -2.15. The number of aliphatic hydroxyl groups is 1. The summed E-state index contributed by atoms with van der Waals surface area (Å²) < 4.78 is 0. The molecule has 3 heteroatoms. The van der Waals surface area contributed by atoms with Gasteiger partial charge >= 0.3 is 0 Å². The van der Waals surface area contributed by atoms with Gasteiger partial charge in [0.1, 0.15) is 5.75 Å². The fraction of sp³-hybridized carbons (Fsp3) is 0.333. The normalized spacial score (nSPS) is 12.9. The topological polar surface area (TPSA) is 66.5 Å². The van der Waals surface area contributed by atoms with Crippen molar-refractivity contribution in [3.05, 3.63) is 29.3 Å². The van der Waals surface area contributed by atoms with E-state index >= 15 is 0 Å². The van der Waals surface area contributed by atoms with Crippen molar-refractivity contribution in [3.63, 3.8) is 0 Å². The van der Waals surface area contributed by atoms with Gasteiger partial charge in [-0.15, -0.1) is 0 Å². The van der Waals surface area contributed by atoms with Crippen LogP contribution in [0.25, 0.3) is 0 Å². The average Bonchev–Trinajstić information content (AvgIpc) is 2.08. The van der Waals surface area contributed by atoms with Crippen LogP contribution < -0.4 is 5.73 Å². The molecule has 1 atom stereocenters. The molecule has 0 saturated carbocycles. The summed E-state index contributed by atoms with van der Waals surface area (Å²) in [6, 6.07) is 4.55. The average molecular weight is 167 g/mol. The molecule has 0 amide bonds. The molecule has 0 aliphatic rings. The van der Waals surface area contributed by atoms with E-state index in [1.54, 1.807) is 18.2 Å². The monoisotopic (exact) mass is 167 g/mol. The predicted octanol–water partition coefficient (Wildman–Crippen LogP) is 0.693. The molecule has 4 N–H and O–H groups in total. The maximum Gasteiger partial charge on any atom is 0.115 e. The van der Waals surface area contributed by atoms with E-state index in [-0.39, 0.29) is 12.4 Å². The van der Waals surface area contributed by atoms with Gasteiger partial charge in [-0.05, 0) is 30.2 Å². The molecule has 1 aromatic carbocycles. The Morgan fingerprint density at radius 1 is 1.50 bits per heavy atom. The highest BCUT2D eigenvalue weighted by atomic mass is 16.3. The van der Waals surface area contributed by atoms with Crippen molar-refractivity contribution in [1.82, 2.24) is 0 Å². The van der Waals surface area contributed by atoms with E-state index in [1.165, 1.54) is 0 Å². The standard InChI is InChI=1S/C9H13NO2/c1-6-2-3-7(12)4-8(6)9(10)5-11/h2-4,9,11-12H,5,10H2,1H3. The predicted molar refractivity (Wildman–Crippen MR) is 46.9 cm³/mol. The van der Waals surface area contributed by atoms with E-state index in [9.17, 15) is 0 Å². The number of hydrogen-bond acceptors (Lipinski definition) is 3. The second-order valence-electron chi connectivity index (χ2n) is 2.83. The van der Waals surface area contributed by atoms with Crippen molar-refractivity contribution in [2.24, 2.45) is 5.73 Å². The molecule has 0 spiro atoms. The minimum atomic E-state index is -0.405. The van der Waals surface area contributed by atoms with Crippen LogP contribution in [0.1, 0.15) is 17.2 Å². The lowest BCUT2D eigenvalue weighted by Gasteiger charge is -2.11. The molecule has 0 aromatic heterocycles. The number of aryl methyl sites for hydroxylation is 1. The van der Waals surface area contributed by atoms with E-state index in [0.29, 0.717) is 0 Å². The number of nitrogens with two attached hydrogens (primary N) is 1. The smallest absolute Gasteiger partial charge is 0.115 e. The van der Waals surface area contributed by atoms with Gasteiger partial charge in [0, 0.05) is 0 Å². The van der Waals surface area contributed by atoms with E-state index in [2.05, 4.69) is 0 Å². The summed E-state index contributed by atoms with van der Waals surface area (Å²) >= 11 is 0. The van der Waals surface area contributed by atoms with Crippen molar-refractivity contribution in [1.29, 1.82) is 0 Å². The molecule has 0 heterocycles. The van der Waals surface area contributed by atoms with Crippen LogP contribution >= 0.6 is 0 Å². The Kier molecular flexibility index (Phi) is 2.68. The van der Waals surface area contributed by atoms with Gasteiger partial charge in [0.2, 0.25) is 0 Å². The third-order valence-electron chi connectivity index (χ3n) is 1.86. The summed E-state index contributed by atoms with van der Waals surface area (Å²) in [6.45, 7) is 1.79. The van der Waals surface area contributed by atoms with Gasteiger partial charge < -0.3 is 15.9 Å². The van der Waals surface area contributed by atoms with E-state index in [1.807, 2.05) is 6.92 Å². The molecule has 0 fully saturated rings. The SMILES string of the molecule is Cc1ccc(O)cc1C(N)CO. The highest BCUT2D eigenvalue weighted by Gasteiger charge is 2.07. The third kappa shape index (κ3) is 1.75.